The molecule has 7 heteroatoms. The second kappa shape index (κ2) is 8.28. The molecule has 3 atom stereocenters. The average molecular weight is 457 g/mol. The molecule has 0 saturated carbocycles. The molecule has 0 spiro atoms. The third-order valence-electron chi connectivity index (χ3n) is 7.39. The van der Waals surface area contributed by atoms with Crippen LogP contribution in [-0.4, -0.2) is 44.1 Å². The lowest BCUT2D eigenvalue weighted by Gasteiger charge is -2.44. The molecule has 1 saturated heterocycles. The number of sulfonamides is 1. The van der Waals surface area contributed by atoms with Crippen molar-refractivity contribution in [1.82, 2.24) is 4.31 Å². The molecule has 1 aliphatic carbocycles. The van der Waals surface area contributed by atoms with E-state index < -0.39 is 21.9 Å². The zero-order chi connectivity index (χ0) is 22.5. The number of halogens is 1. The second-order valence-electron chi connectivity index (χ2n) is 9.05. The lowest BCUT2D eigenvalue weighted by molar-refractivity contribution is 0.193. The van der Waals surface area contributed by atoms with Crippen molar-refractivity contribution in [3.05, 3.63) is 65.5 Å². The third kappa shape index (κ3) is 3.38. The minimum Gasteiger partial charge on any atom is -0.394 e. The Morgan fingerprint density at radius 1 is 1.16 bits per heavy atom. The normalized spacial score (nSPS) is 25.9. The summed E-state index contributed by atoms with van der Waals surface area (Å²) in [5.41, 5.74) is 4.32. The van der Waals surface area contributed by atoms with E-state index in [1.54, 1.807) is 6.07 Å². The van der Waals surface area contributed by atoms with Crippen LogP contribution in [0.1, 0.15) is 49.3 Å². The van der Waals surface area contributed by atoms with Crippen molar-refractivity contribution < 1.29 is 17.9 Å². The number of aliphatic hydroxyl groups is 1. The number of benzene rings is 2. The van der Waals surface area contributed by atoms with Gasteiger partial charge in [-0.2, -0.15) is 4.31 Å². The van der Waals surface area contributed by atoms with Gasteiger partial charge in [0.05, 0.1) is 18.7 Å². The Morgan fingerprint density at radius 3 is 2.69 bits per heavy atom. The molecule has 5 nitrogen and oxygen atoms in total. The largest absolute Gasteiger partial charge is 0.394 e. The smallest absolute Gasteiger partial charge is 0.246 e. The van der Waals surface area contributed by atoms with Crippen LogP contribution in [-0.2, 0) is 10.0 Å². The molecule has 0 amide bonds. The Kier molecular flexibility index (Phi) is 5.60. The molecule has 170 valence electrons. The van der Waals surface area contributed by atoms with Crippen molar-refractivity contribution in [1.29, 1.82) is 0 Å². The van der Waals surface area contributed by atoms with Crippen molar-refractivity contribution >= 4 is 21.3 Å². The Hall–Kier alpha value is -2.22. The highest BCUT2D eigenvalue weighted by Gasteiger charge is 2.50. The maximum absolute atomic E-state index is 14.5. The summed E-state index contributed by atoms with van der Waals surface area (Å²) in [4.78, 5) is 1.79. The maximum atomic E-state index is 14.5. The van der Waals surface area contributed by atoms with Gasteiger partial charge in [-0.15, -0.1) is 0 Å². The van der Waals surface area contributed by atoms with Gasteiger partial charge in [0.1, 0.15) is 10.7 Å². The summed E-state index contributed by atoms with van der Waals surface area (Å²) in [6.07, 6.45) is 7.37. The van der Waals surface area contributed by atoms with E-state index in [1.807, 2.05) is 13.1 Å². The van der Waals surface area contributed by atoms with Gasteiger partial charge in [0.15, 0.2) is 0 Å². The topological polar surface area (TPSA) is 60.9 Å². The predicted molar refractivity (Wildman–Crippen MR) is 123 cm³/mol. The van der Waals surface area contributed by atoms with Gasteiger partial charge < -0.3 is 10.0 Å². The van der Waals surface area contributed by atoms with Crippen molar-refractivity contribution in [2.75, 3.05) is 25.1 Å². The lowest BCUT2D eigenvalue weighted by atomic mass is 9.81. The van der Waals surface area contributed by atoms with E-state index in [2.05, 4.69) is 23.1 Å². The molecule has 5 rings (SSSR count). The summed E-state index contributed by atoms with van der Waals surface area (Å²) in [7, 11) is -2.06. The number of nitrogens with zero attached hydrogens (tertiary/aromatic N) is 2. The average Bonchev–Trinajstić information content (AvgIpc) is 3.26. The van der Waals surface area contributed by atoms with Crippen LogP contribution < -0.4 is 4.90 Å². The van der Waals surface area contributed by atoms with E-state index in [-0.39, 0.29) is 23.5 Å². The van der Waals surface area contributed by atoms with Gasteiger partial charge in [0.2, 0.25) is 10.0 Å². The molecule has 2 aliphatic heterocycles. The first-order valence-electron chi connectivity index (χ1n) is 11.4. The number of aliphatic hydroxyl groups excluding tert-OH is 1. The minimum atomic E-state index is -4.03. The molecular formula is C25H29FN2O3S. The summed E-state index contributed by atoms with van der Waals surface area (Å²) >= 11 is 0. The summed E-state index contributed by atoms with van der Waals surface area (Å²) < 4.78 is 43.1. The van der Waals surface area contributed by atoms with Crippen molar-refractivity contribution in [3.63, 3.8) is 0 Å². The van der Waals surface area contributed by atoms with Gasteiger partial charge >= 0.3 is 0 Å². The summed E-state index contributed by atoms with van der Waals surface area (Å²) in [5, 5.41) is 10.2. The van der Waals surface area contributed by atoms with E-state index in [0.29, 0.717) is 13.0 Å². The van der Waals surface area contributed by atoms with Gasteiger partial charge in [-0.3, -0.25) is 0 Å². The first-order chi connectivity index (χ1) is 15.4. The van der Waals surface area contributed by atoms with Crippen molar-refractivity contribution in [2.45, 2.75) is 49.1 Å². The van der Waals surface area contributed by atoms with Crippen LogP contribution in [0.25, 0.3) is 5.57 Å². The Labute approximate surface area is 189 Å². The van der Waals surface area contributed by atoms with Gasteiger partial charge in [-0.25, -0.2) is 12.8 Å². The standard InChI is InChI=1S/C25H29FN2O3S/c1-27-22-12-11-18(17-7-3-2-4-8-17)15-20(22)25-19(23(27)16-29)13-14-28(25)32(30,31)24-10-6-5-9-21(24)26/h5-7,9-12,15,19,23,25,29H,2-4,8,13-14,16H2,1H3/t19-,23-,25-/m1/s1. The highest BCUT2D eigenvalue weighted by molar-refractivity contribution is 7.89. The van der Waals surface area contributed by atoms with Crippen LogP contribution in [0, 0.1) is 11.7 Å². The second-order valence-corrected chi connectivity index (χ2v) is 10.9. The van der Waals surface area contributed by atoms with Gasteiger partial charge in [-0.05, 0) is 73.1 Å². The number of rotatable bonds is 4. The van der Waals surface area contributed by atoms with Crippen LogP contribution in [0.2, 0.25) is 0 Å². The zero-order valence-corrected chi connectivity index (χ0v) is 19.1. The van der Waals surface area contributed by atoms with Crippen LogP contribution in [0.3, 0.4) is 0 Å². The Morgan fingerprint density at radius 2 is 1.97 bits per heavy atom. The molecule has 0 unspecified atom stereocenters. The summed E-state index contributed by atoms with van der Waals surface area (Å²) in [5.74, 6) is -0.793. The molecule has 2 aromatic carbocycles. The van der Waals surface area contributed by atoms with Crippen LogP contribution >= 0.6 is 0 Å². The fourth-order valence-corrected chi connectivity index (χ4v) is 7.49. The first kappa shape index (κ1) is 21.6. The van der Waals surface area contributed by atoms with E-state index in [0.717, 1.165) is 36.1 Å². The van der Waals surface area contributed by atoms with E-state index in [4.69, 9.17) is 0 Å². The number of hydrogen-bond donors (Lipinski definition) is 1. The van der Waals surface area contributed by atoms with E-state index in [1.165, 1.54) is 34.5 Å². The van der Waals surface area contributed by atoms with Gasteiger partial charge in [-0.1, -0.05) is 24.3 Å². The highest BCUT2D eigenvalue weighted by Crippen LogP contribution is 2.51. The number of likely N-dealkylation sites (N-methyl/N-ethyl adjacent to an activating group) is 1. The van der Waals surface area contributed by atoms with Gasteiger partial charge in [0, 0.05) is 25.2 Å². The number of hydrogen-bond acceptors (Lipinski definition) is 4. The molecular weight excluding hydrogens is 427 g/mol. The molecule has 32 heavy (non-hydrogen) atoms. The highest BCUT2D eigenvalue weighted by atomic mass is 32.2. The molecule has 1 N–H and O–H groups in total. The van der Waals surface area contributed by atoms with Crippen LogP contribution in [0.15, 0.2) is 53.4 Å². The Bertz CT molecular complexity index is 1160. The van der Waals surface area contributed by atoms with Crippen LogP contribution in [0.5, 0.6) is 0 Å². The molecule has 0 bridgehead atoms. The Balaban J connectivity index is 1.64. The molecule has 1 fully saturated rings. The maximum Gasteiger partial charge on any atom is 0.246 e. The van der Waals surface area contributed by atoms with E-state index >= 15 is 0 Å². The molecule has 3 aliphatic rings. The number of allylic oxidation sites excluding steroid dienone is 2. The van der Waals surface area contributed by atoms with Crippen molar-refractivity contribution in [3.8, 4) is 0 Å². The van der Waals surface area contributed by atoms with Crippen molar-refractivity contribution in [2.24, 2.45) is 5.92 Å². The predicted octanol–water partition coefficient (Wildman–Crippen LogP) is 4.35. The number of anilines is 1. The quantitative estimate of drug-likeness (QED) is 0.743. The molecule has 0 radical (unpaired) electrons. The molecule has 2 aromatic rings. The number of fused-ring (bicyclic) bond motifs is 3. The first-order valence-corrected chi connectivity index (χ1v) is 12.8. The fraction of sp³-hybridized carbons (Fsp3) is 0.440. The van der Waals surface area contributed by atoms with E-state index in [9.17, 15) is 17.9 Å². The minimum absolute atomic E-state index is 0.0579. The SMILES string of the molecule is CN1c2ccc(C3=CCCCC3)cc2[C@H]2[C@H](CCN2S(=O)(=O)c2ccccc2F)[C@H]1CO. The summed E-state index contributed by atoms with van der Waals surface area (Å²) in [6, 6.07) is 11.2. The fourth-order valence-electron chi connectivity index (χ4n) is 5.76. The van der Waals surface area contributed by atoms with Gasteiger partial charge in [0.25, 0.3) is 0 Å². The third-order valence-corrected chi connectivity index (χ3v) is 9.30. The molecule has 0 aromatic heterocycles. The summed E-state index contributed by atoms with van der Waals surface area (Å²) in [6.45, 7) is 0.250. The van der Waals surface area contributed by atoms with Crippen LogP contribution in [0.4, 0.5) is 10.1 Å². The lowest BCUT2D eigenvalue weighted by Crippen LogP contribution is -2.48. The monoisotopic (exact) mass is 456 g/mol. The molecule has 2 heterocycles. The zero-order valence-electron chi connectivity index (χ0n) is 18.2.